The molecule has 1 aliphatic heterocycles. The molecule has 0 aliphatic carbocycles. The quantitative estimate of drug-likeness (QED) is 0.0990. The first-order chi connectivity index (χ1) is 19.1. The van der Waals surface area contributed by atoms with E-state index >= 15 is 0 Å². The van der Waals surface area contributed by atoms with Crippen LogP contribution in [0.15, 0.2) is 12.2 Å². The second-order valence-corrected chi connectivity index (χ2v) is 9.17. The van der Waals surface area contributed by atoms with Gasteiger partial charge < -0.3 is 34.9 Å². The predicted molar refractivity (Wildman–Crippen MR) is 142 cm³/mol. The van der Waals surface area contributed by atoms with E-state index in [2.05, 4.69) is 16.0 Å². The number of ether oxygens (including phenoxy) is 4. The van der Waals surface area contributed by atoms with Crippen LogP contribution in [0.3, 0.4) is 0 Å². The molecule has 0 saturated heterocycles. The number of nitrogens with one attached hydrogen (secondary N) is 3. The zero-order valence-corrected chi connectivity index (χ0v) is 23.5. The normalized spacial score (nSPS) is 13.6. The molecule has 1 unspecified atom stereocenters. The van der Waals surface area contributed by atoms with Crippen molar-refractivity contribution in [3.05, 3.63) is 12.2 Å². The van der Waals surface area contributed by atoms with Crippen LogP contribution in [0.5, 0.6) is 0 Å². The zero-order chi connectivity index (χ0) is 29.8. The topological polar surface area (TPSA) is 179 Å². The third-order valence-corrected chi connectivity index (χ3v) is 5.40. The minimum Gasteiger partial charge on any atom is -0.379 e. The first-order valence-electron chi connectivity index (χ1n) is 13.3. The number of imide groups is 1. The molecular formula is C26H42N4O10. The van der Waals surface area contributed by atoms with Crippen LogP contribution in [0, 0.1) is 5.92 Å². The average Bonchev–Trinajstić information content (AvgIpc) is 3.23. The molecule has 14 nitrogen and oxygen atoms in total. The number of hydrogen-bond acceptors (Lipinski definition) is 10. The van der Waals surface area contributed by atoms with Crippen LogP contribution in [0.4, 0.5) is 0 Å². The summed E-state index contributed by atoms with van der Waals surface area (Å²) in [6.07, 6.45) is 2.48. The summed E-state index contributed by atoms with van der Waals surface area (Å²) >= 11 is 0. The number of Topliss-reactive ketones (excluding diaryl/α,β-unsaturated/α-hetero) is 1. The molecule has 1 aliphatic rings. The van der Waals surface area contributed by atoms with Gasteiger partial charge >= 0.3 is 0 Å². The maximum Gasteiger partial charge on any atom is 0.253 e. The van der Waals surface area contributed by atoms with Gasteiger partial charge in [-0.1, -0.05) is 13.8 Å². The second kappa shape index (κ2) is 20.7. The predicted octanol–water partition coefficient (Wildman–Crippen LogP) is -1.28. The summed E-state index contributed by atoms with van der Waals surface area (Å²) in [6.45, 7) is 7.81. The first kappa shape index (κ1) is 34.8. The summed E-state index contributed by atoms with van der Waals surface area (Å²) in [6, 6.07) is -0.725. The number of ketones is 1. The Labute approximate surface area is 234 Å². The molecule has 0 saturated carbocycles. The molecule has 0 fully saturated rings. The van der Waals surface area contributed by atoms with Gasteiger partial charge in [0.15, 0.2) is 0 Å². The molecule has 0 aromatic heterocycles. The van der Waals surface area contributed by atoms with Crippen LogP contribution in [-0.4, -0.2) is 119 Å². The summed E-state index contributed by atoms with van der Waals surface area (Å²) in [5, 5.41) is 7.82. The molecule has 5 amide bonds. The number of rotatable bonds is 23. The lowest BCUT2D eigenvalue weighted by Gasteiger charge is -2.21. The zero-order valence-electron chi connectivity index (χ0n) is 23.5. The molecule has 0 aromatic rings. The molecule has 0 radical (unpaired) electrons. The van der Waals surface area contributed by atoms with Crippen molar-refractivity contribution in [1.82, 2.24) is 20.9 Å². The summed E-state index contributed by atoms with van der Waals surface area (Å²) in [7, 11) is 0. The number of carbonyl (C=O) groups excluding carboxylic acids is 6. The van der Waals surface area contributed by atoms with Gasteiger partial charge in [0, 0.05) is 38.1 Å². The Hall–Kier alpha value is -3.20. The van der Waals surface area contributed by atoms with Crippen molar-refractivity contribution in [2.24, 2.45) is 5.92 Å². The Morgan fingerprint density at radius 2 is 1.27 bits per heavy atom. The van der Waals surface area contributed by atoms with Crippen molar-refractivity contribution in [2.45, 2.75) is 39.7 Å². The van der Waals surface area contributed by atoms with E-state index in [0.29, 0.717) is 52.8 Å². The lowest BCUT2D eigenvalue weighted by Crippen LogP contribution is -2.50. The second-order valence-electron chi connectivity index (χ2n) is 9.17. The van der Waals surface area contributed by atoms with Crippen LogP contribution in [0.25, 0.3) is 0 Å². The van der Waals surface area contributed by atoms with Gasteiger partial charge in [-0.15, -0.1) is 0 Å². The summed E-state index contributed by atoms with van der Waals surface area (Å²) < 4.78 is 21.5. The van der Waals surface area contributed by atoms with E-state index in [4.69, 9.17) is 18.9 Å². The molecule has 0 aromatic carbocycles. The monoisotopic (exact) mass is 570 g/mol. The van der Waals surface area contributed by atoms with E-state index in [9.17, 15) is 28.8 Å². The van der Waals surface area contributed by atoms with Crippen LogP contribution in [-0.2, 0) is 47.7 Å². The van der Waals surface area contributed by atoms with Gasteiger partial charge in [0.05, 0.1) is 59.4 Å². The maximum atomic E-state index is 12.1. The Morgan fingerprint density at radius 3 is 1.80 bits per heavy atom. The minimum absolute atomic E-state index is 0.0332. The van der Waals surface area contributed by atoms with Crippen LogP contribution in [0.1, 0.15) is 33.6 Å². The Kier molecular flexibility index (Phi) is 18.0. The van der Waals surface area contributed by atoms with Crippen molar-refractivity contribution in [3.8, 4) is 0 Å². The Morgan fingerprint density at radius 1 is 0.750 bits per heavy atom. The maximum absolute atomic E-state index is 12.1. The van der Waals surface area contributed by atoms with Crippen molar-refractivity contribution in [1.29, 1.82) is 0 Å². The Balaban J connectivity index is 1.90. The molecule has 1 atom stereocenters. The fourth-order valence-electron chi connectivity index (χ4n) is 3.24. The fraction of sp³-hybridized carbons (Fsp3) is 0.692. The van der Waals surface area contributed by atoms with E-state index in [-0.39, 0.29) is 56.1 Å². The number of nitrogens with zero attached hydrogens (tertiary/aromatic N) is 1. The van der Waals surface area contributed by atoms with E-state index < -0.39 is 23.8 Å². The van der Waals surface area contributed by atoms with Gasteiger partial charge in [-0.2, -0.15) is 0 Å². The smallest absolute Gasteiger partial charge is 0.253 e. The van der Waals surface area contributed by atoms with Crippen molar-refractivity contribution in [3.63, 3.8) is 0 Å². The molecule has 0 bridgehead atoms. The molecule has 3 N–H and O–H groups in total. The van der Waals surface area contributed by atoms with Gasteiger partial charge in [-0.25, -0.2) is 0 Å². The third kappa shape index (κ3) is 16.0. The molecule has 40 heavy (non-hydrogen) atoms. The molecule has 14 heteroatoms. The highest BCUT2D eigenvalue weighted by molar-refractivity contribution is 6.13. The lowest BCUT2D eigenvalue weighted by molar-refractivity contribution is -0.137. The SMILES string of the molecule is CC(=O)CNC(=O)C(NC(=O)CCOCCOCCOCCOCCNC(=O)CCN1C(=O)C=CC1=O)C(C)C. The number of amides is 5. The largest absolute Gasteiger partial charge is 0.379 e. The average molecular weight is 571 g/mol. The molecule has 1 heterocycles. The van der Waals surface area contributed by atoms with E-state index in [1.165, 1.54) is 19.1 Å². The number of carbonyl (C=O) groups is 6. The van der Waals surface area contributed by atoms with Crippen molar-refractivity contribution >= 4 is 35.3 Å². The van der Waals surface area contributed by atoms with Crippen molar-refractivity contribution in [2.75, 3.05) is 72.5 Å². The Bertz CT molecular complexity index is 860. The molecule has 0 spiro atoms. The van der Waals surface area contributed by atoms with Gasteiger partial charge in [0.25, 0.3) is 11.8 Å². The van der Waals surface area contributed by atoms with E-state index in [1.54, 1.807) is 13.8 Å². The minimum atomic E-state index is -0.725. The molecule has 226 valence electrons. The molecule has 1 rings (SSSR count). The van der Waals surface area contributed by atoms with Gasteiger partial charge in [-0.05, 0) is 12.8 Å². The lowest BCUT2D eigenvalue weighted by atomic mass is 10.0. The summed E-state index contributed by atoms with van der Waals surface area (Å²) in [4.78, 5) is 70.9. The van der Waals surface area contributed by atoms with Gasteiger partial charge in [0.2, 0.25) is 17.7 Å². The summed E-state index contributed by atoms with van der Waals surface area (Å²) in [5.41, 5.74) is 0. The fourth-order valence-corrected chi connectivity index (χ4v) is 3.24. The standard InChI is InChI=1S/C26H42N4O10/c1-19(2)25(26(36)28-18-20(3)31)29-22(33)7-10-37-12-14-39-16-17-40-15-13-38-11-8-27-21(32)6-9-30-23(34)4-5-24(30)35/h4-5,19,25H,6-18H2,1-3H3,(H,27,32)(H,28,36)(H,29,33). The van der Waals surface area contributed by atoms with Crippen LogP contribution < -0.4 is 16.0 Å². The summed E-state index contributed by atoms with van der Waals surface area (Å²) in [5.74, 6) is -2.12. The van der Waals surface area contributed by atoms with E-state index in [1.807, 2.05) is 0 Å². The highest BCUT2D eigenvalue weighted by atomic mass is 16.6. The number of hydrogen-bond donors (Lipinski definition) is 3. The van der Waals surface area contributed by atoms with Crippen molar-refractivity contribution < 1.29 is 47.7 Å². The highest BCUT2D eigenvalue weighted by Crippen LogP contribution is 2.04. The third-order valence-electron chi connectivity index (χ3n) is 5.40. The first-order valence-corrected chi connectivity index (χ1v) is 13.3. The van der Waals surface area contributed by atoms with Crippen LogP contribution in [0.2, 0.25) is 0 Å². The van der Waals surface area contributed by atoms with Gasteiger partial charge in [-0.3, -0.25) is 33.7 Å². The van der Waals surface area contributed by atoms with Crippen LogP contribution >= 0.6 is 0 Å². The van der Waals surface area contributed by atoms with E-state index in [0.717, 1.165) is 4.90 Å². The van der Waals surface area contributed by atoms with Gasteiger partial charge in [0.1, 0.15) is 11.8 Å². The molecular weight excluding hydrogens is 528 g/mol. The highest BCUT2D eigenvalue weighted by Gasteiger charge is 2.24.